The lowest BCUT2D eigenvalue weighted by atomic mass is 10.2. The summed E-state index contributed by atoms with van der Waals surface area (Å²) in [7, 11) is -4.05. The standard InChI is InChI=1S/C12H8Cl2N2O4S/c13-9-2-1-7(12(17)18)5-10(9)21(19,20)16-8-3-4-15-11(14)6-8/h1-6H,(H,15,16)(H,17,18). The molecule has 0 saturated carbocycles. The molecule has 21 heavy (non-hydrogen) atoms. The van der Waals surface area contributed by atoms with Gasteiger partial charge in [0.25, 0.3) is 10.0 Å². The molecule has 0 amide bonds. The Morgan fingerprint density at radius 1 is 1.19 bits per heavy atom. The minimum atomic E-state index is -4.05. The highest BCUT2D eigenvalue weighted by molar-refractivity contribution is 7.92. The molecule has 1 aromatic heterocycles. The molecule has 2 N–H and O–H groups in total. The molecule has 0 bridgehead atoms. The van der Waals surface area contributed by atoms with Gasteiger partial charge in [0.15, 0.2) is 0 Å². The number of sulfonamides is 1. The number of anilines is 1. The van der Waals surface area contributed by atoms with E-state index in [0.717, 1.165) is 6.07 Å². The highest BCUT2D eigenvalue weighted by Gasteiger charge is 2.20. The molecule has 0 aliphatic heterocycles. The van der Waals surface area contributed by atoms with Crippen LogP contribution in [-0.4, -0.2) is 24.5 Å². The third kappa shape index (κ3) is 3.63. The Morgan fingerprint density at radius 3 is 2.52 bits per heavy atom. The van der Waals surface area contributed by atoms with Crippen LogP contribution in [0, 0.1) is 0 Å². The van der Waals surface area contributed by atoms with E-state index in [-0.39, 0.29) is 26.3 Å². The largest absolute Gasteiger partial charge is 0.478 e. The molecule has 9 heteroatoms. The van der Waals surface area contributed by atoms with Gasteiger partial charge in [-0.2, -0.15) is 0 Å². The molecule has 6 nitrogen and oxygen atoms in total. The molecule has 0 spiro atoms. The summed E-state index contributed by atoms with van der Waals surface area (Å²) in [5.41, 5.74) is -0.000620. The van der Waals surface area contributed by atoms with Crippen molar-refractivity contribution in [3.63, 3.8) is 0 Å². The number of nitrogens with one attached hydrogen (secondary N) is 1. The Hall–Kier alpha value is -1.83. The molecule has 1 aromatic carbocycles. The van der Waals surface area contributed by atoms with Crippen molar-refractivity contribution < 1.29 is 18.3 Å². The number of carboxylic acids is 1. The number of pyridine rings is 1. The highest BCUT2D eigenvalue weighted by Crippen LogP contribution is 2.25. The minimum absolute atomic E-state index is 0.0901. The van der Waals surface area contributed by atoms with E-state index in [1.165, 1.54) is 30.5 Å². The molecule has 0 unspecified atom stereocenters. The van der Waals surface area contributed by atoms with Gasteiger partial charge in [0.2, 0.25) is 0 Å². The first-order valence-electron chi connectivity index (χ1n) is 5.47. The number of aromatic carboxylic acids is 1. The van der Waals surface area contributed by atoms with Gasteiger partial charge >= 0.3 is 5.97 Å². The monoisotopic (exact) mass is 346 g/mol. The predicted molar refractivity (Wildman–Crippen MR) is 78.5 cm³/mol. The van der Waals surface area contributed by atoms with Crippen LogP contribution in [0.15, 0.2) is 41.4 Å². The first-order valence-corrected chi connectivity index (χ1v) is 7.71. The molecule has 110 valence electrons. The lowest BCUT2D eigenvalue weighted by Gasteiger charge is -2.10. The van der Waals surface area contributed by atoms with Gasteiger partial charge < -0.3 is 5.11 Å². The van der Waals surface area contributed by atoms with E-state index in [1.54, 1.807) is 0 Å². The highest BCUT2D eigenvalue weighted by atomic mass is 35.5. The number of hydrogen-bond donors (Lipinski definition) is 2. The number of aromatic nitrogens is 1. The van der Waals surface area contributed by atoms with Crippen molar-refractivity contribution in [3.8, 4) is 0 Å². The average molecular weight is 347 g/mol. The van der Waals surface area contributed by atoms with Crippen LogP contribution in [0.1, 0.15) is 10.4 Å². The second kappa shape index (κ2) is 5.88. The van der Waals surface area contributed by atoms with Gasteiger partial charge in [0, 0.05) is 6.20 Å². The van der Waals surface area contributed by atoms with Crippen LogP contribution >= 0.6 is 23.2 Å². The van der Waals surface area contributed by atoms with Crippen molar-refractivity contribution in [1.82, 2.24) is 4.98 Å². The molecular weight excluding hydrogens is 339 g/mol. The normalized spacial score (nSPS) is 11.1. The minimum Gasteiger partial charge on any atom is -0.478 e. The zero-order valence-corrected chi connectivity index (χ0v) is 12.6. The fourth-order valence-corrected chi connectivity index (χ4v) is 3.27. The Labute approximate surface area is 130 Å². The Morgan fingerprint density at radius 2 is 1.90 bits per heavy atom. The summed E-state index contributed by atoms with van der Waals surface area (Å²) in [4.78, 5) is 14.3. The Bertz CT molecular complexity index is 809. The lowest BCUT2D eigenvalue weighted by molar-refractivity contribution is 0.0696. The maximum atomic E-state index is 12.3. The van der Waals surface area contributed by atoms with E-state index in [0.29, 0.717) is 0 Å². The van der Waals surface area contributed by atoms with E-state index in [2.05, 4.69) is 9.71 Å². The van der Waals surface area contributed by atoms with Gasteiger partial charge in [-0.15, -0.1) is 0 Å². The quantitative estimate of drug-likeness (QED) is 0.829. The number of rotatable bonds is 4. The predicted octanol–water partition coefficient (Wildman–Crippen LogP) is 2.89. The number of hydrogen-bond acceptors (Lipinski definition) is 4. The first-order chi connectivity index (χ1) is 9.79. The molecule has 0 aliphatic carbocycles. The van der Waals surface area contributed by atoms with Crippen molar-refractivity contribution in [2.45, 2.75) is 4.90 Å². The van der Waals surface area contributed by atoms with Crippen molar-refractivity contribution in [2.75, 3.05) is 4.72 Å². The van der Waals surface area contributed by atoms with Gasteiger partial charge in [-0.1, -0.05) is 23.2 Å². The smallest absolute Gasteiger partial charge is 0.335 e. The first kappa shape index (κ1) is 15.6. The number of nitrogens with zero attached hydrogens (tertiary/aromatic N) is 1. The van der Waals surface area contributed by atoms with Crippen LogP contribution < -0.4 is 4.72 Å². The zero-order chi connectivity index (χ0) is 15.6. The molecule has 0 fully saturated rings. The van der Waals surface area contributed by atoms with E-state index < -0.39 is 16.0 Å². The summed E-state index contributed by atoms with van der Waals surface area (Å²) in [6, 6.07) is 6.12. The van der Waals surface area contributed by atoms with Crippen LogP contribution in [-0.2, 0) is 10.0 Å². The van der Waals surface area contributed by atoms with E-state index in [1.807, 2.05) is 0 Å². The maximum Gasteiger partial charge on any atom is 0.335 e. The summed E-state index contributed by atoms with van der Waals surface area (Å²) >= 11 is 11.5. The molecule has 2 aromatic rings. The van der Waals surface area contributed by atoms with E-state index >= 15 is 0 Å². The molecule has 0 saturated heterocycles. The summed E-state index contributed by atoms with van der Waals surface area (Å²) in [5, 5.41) is 8.93. The van der Waals surface area contributed by atoms with Crippen molar-refractivity contribution in [2.24, 2.45) is 0 Å². The third-order valence-corrected chi connectivity index (χ3v) is 4.52. The van der Waals surface area contributed by atoms with Crippen LogP contribution in [0.3, 0.4) is 0 Å². The van der Waals surface area contributed by atoms with Gasteiger partial charge in [0.1, 0.15) is 10.0 Å². The van der Waals surface area contributed by atoms with Crippen molar-refractivity contribution >= 4 is 44.9 Å². The summed E-state index contributed by atoms with van der Waals surface area (Å²) < 4.78 is 26.8. The molecule has 1 heterocycles. The second-order valence-corrected chi connectivity index (χ2v) is 6.37. The molecule has 2 rings (SSSR count). The molecule has 0 radical (unpaired) electrons. The molecule has 0 atom stereocenters. The van der Waals surface area contributed by atoms with E-state index in [4.69, 9.17) is 28.3 Å². The van der Waals surface area contributed by atoms with Gasteiger partial charge in [-0.05, 0) is 30.3 Å². The van der Waals surface area contributed by atoms with Gasteiger partial charge in [-0.25, -0.2) is 18.2 Å². The zero-order valence-electron chi connectivity index (χ0n) is 10.2. The van der Waals surface area contributed by atoms with Crippen molar-refractivity contribution in [1.29, 1.82) is 0 Å². The summed E-state index contributed by atoms with van der Waals surface area (Å²) in [6.45, 7) is 0. The number of carbonyl (C=O) groups is 1. The number of halogens is 2. The van der Waals surface area contributed by atoms with Gasteiger partial charge in [-0.3, -0.25) is 4.72 Å². The van der Waals surface area contributed by atoms with Crippen LogP contribution in [0.4, 0.5) is 5.69 Å². The topological polar surface area (TPSA) is 96.4 Å². The maximum absolute atomic E-state index is 12.3. The fourth-order valence-electron chi connectivity index (χ4n) is 1.52. The summed E-state index contributed by atoms with van der Waals surface area (Å²) in [5.74, 6) is -1.25. The number of carboxylic acid groups (broad SMARTS) is 1. The Balaban J connectivity index is 2.44. The summed E-state index contributed by atoms with van der Waals surface area (Å²) in [6.07, 6.45) is 1.33. The fraction of sp³-hybridized carbons (Fsp3) is 0. The average Bonchev–Trinajstić information content (AvgIpc) is 2.38. The second-order valence-electron chi connectivity index (χ2n) is 3.92. The van der Waals surface area contributed by atoms with Crippen LogP contribution in [0.25, 0.3) is 0 Å². The number of benzene rings is 1. The van der Waals surface area contributed by atoms with Crippen molar-refractivity contribution in [3.05, 3.63) is 52.3 Å². The molecular formula is C12H8Cl2N2O4S. The molecule has 0 aliphatic rings. The Kier molecular flexibility index (Phi) is 4.36. The van der Waals surface area contributed by atoms with Gasteiger partial charge in [0.05, 0.1) is 16.3 Å². The lowest BCUT2D eigenvalue weighted by Crippen LogP contribution is -2.14. The van der Waals surface area contributed by atoms with Crippen LogP contribution in [0.2, 0.25) is 10.2 Å². The van der Waals surface area contributed by atoms with E-state index in [9.17, 15) is 13.2 Å². The SMILES string of the molecule is O=C(O)c1ccc(Cl)c(S(=O)(=O)Nc2ccnc(Cl)c2)c1. The third-order valence-electron chi connectivity index (χ3n) is 2.45. The van der Waals surface area contributed by atoms with Crippen LogP contribution in [0.5, 0.6) is 0 Å².